The van der Waals surface area contributed by atoms with Gasteiger partial charge in [0.2, 0.25) is 0 Å². The minimum absolute atomic E-state index is 0.189. The van der Waals surface area contributed by atoms with E-state index in [1.165, 1.54) is 16.7 Å². The van der Waals surface area contributed by atoms with Gasteiger partial charge in [-0.25, -0.2) is 0 Å². The van der Waals surface area contributed by atoms with Crippen molar-refractivity contribution in [2.45, 2.75) is 39.3 Å². The first-order chi connectivity index (χ1) is 9.97. The van der Waals surface area contributed by atoms with Crippen molar-refractivity contribution in [3.63, 3.8) is 0 Å². The van der Waals surface area contributed by atoms with Crippen LogP contribution in [0.1, 0.15) is 49.5 Å². The van der Waals surface area contributed by atoms with Gasteiger partial charge in [0.25, 0.3) is 0 Å². The number of rotatable bonds is 3. The maximum Gasteiger partial charge on any atom is 0.0409 e. The molecule has 0 saturated carbocycles. The van der Waals surface area contributed by atoms with Gasteiger partial charge in [0.05, 0.1) is 0 Å². The molecule has 0 saturated heterocycles. The number of halogens is 1. The molecule has 0 bridgehead atoms. The van der Waals surface area contributed by atoms with E-state index in [-0.39, 0.29) is 11.5 Å². The Bertz CT molecular complexity index is 637. The summed E-state index contributed by atoms with van der Waals surface area (Å²) in [5.74, 6) is 0. The zero-order chi connectivity index (χ0) is 15.0. The molecule has 21 heavy (non-hydrogen) atoms. The lowest BCUT2D eigenvalue weighted by Gasteiger charge is -2.31. The van der Waals surface area contributed by atoms with Crippen molar-refractivity contribution in [2.75, 3.05) is 0 Å². The predicted molar refractivity (Wildman–Crippen MR) is 87.5 cm³/mol. The van der Waals surface area contributed by atoms with Crippen LogP contribution in [0, 0.1) is 5.41 Å². The largest absolute Gasteiger partial charge is 0.303 e. The summed E-state index contributed by atoms with van der Waals surface area (Å²) in [6.07, 6.45) is 4.77. The molecule has 2 nitrogen and oxygen atoms in total. The number of aromatic nitrogens is 1. The lowest BCUT2D eigenvalue weighted by molar-refractivity contribution is 0.252. The zero-order valence-corrected chi connectivity index (χ0v) is 13.5. The molecule has 1 heterocycles. The highest BCUT2D eigenvalue weighted by Crippen LogP contribution is 2.46. The molecule has 0 aliphatic heterocycles. The normalized spacial score (nSPS) is 21.0. The van der Waals surface area contributed by atoms with Gasteiger partial charge in [-0.05, 0) is 59.7 Å². The van der Waals surface area contributed by atoms with E-state index in [1.54, 1.807) is 0 Å². The van der Waals surface area contributed by atoms with Crippen LogP contribution in [-0.4, -0.2) is 4.98 Å². The van der Waals surface area contributed by atoms with Crippen LogP contribution in [0.2, 0.25) is 5.02 Å². The van der Waals surface area contributed by atoms with Crippen LogP contribution in [0.25, 0.3) is 0 Å². The maximum absolute atomic E-state index is 6.20. The van der Waals surface area contributed by atoms with Gasteiger partial charge in [-0.2, -0.15) is 0 Å². The summed E-state index contributed by atoms with van der Waals surface area (Å²) in [5.41, 5.74) is 4.20. The van der Waals surface area contributed by atoms with E-state index in [0.717, 1.165) is 11.4 Å². The van der Waals surface area contributed by atoms with Gasteiger partial charge in [-0.1, -0.05) is 31.5 Å². The molecule has 1 aromatic heterocycles. The monoisotopic (exact) mass is 300 g/mol. The first kappa shape index (κ1) is 14.6. The Kier molecular flexibility index (Phi) is 3.76. The second kappa shape index (κ2) is 5.43. The average molecular weight is 301 g/mol. The molecule has 1 unspecified atom stereocenters. The van der Waals surface area contributed by atoms with E-state index in [2.05, 4.69) is 55.3 Å². The Morgan fingerprint density at radius 2 is 1.95 bits per heavy atom. The van der Waals surface area contributed by atoms with E-state index in [4.69, 9.17) is 11.6 Å². The maximum atomic E-state index is 6.20. The molecule has 0 radical (unpaired) electrons. The van der Waals surface area contributed by atoms with E-state index < -0.39 is 0 Å². The first-order valence-electron chi connectivity index (χ1n) is 7.42. The SMILES string of the molecule is C[C@H](NC1c2cc(Cl)ccc2CC1(C)C)c1ccncc1. The fraction of sp³-hybridized carbons (Fsp3) is 0.389. The molecule has 3 rings (SSSR count). The highest BCUT2D eigenvalue weighted by Gasteiger charge is 2.39. The summed E-state index contributed by atoms with van der Waals surface area (Å²) in [6, 6.07) is 11.0. The lowest BCUT2D eigenvalue weighted by atomic mass is 9.84. The lowest BCUT2D eigenvalue weighted by Crippen LogP contribution is -2.33. The number of hydrogen-bond donors (Lipinski definition) is 1. The number of benzene rings is 1. The van der Waals surface area contributed by atoms with Crippen LogP contribution in [0.4, 0.5) is 0 Å². The van der Waals surface area contributed by atoms with E-state index in [1.807, 2.05) is 18.5 Å². The molecule has 0 amide bonds. The Hall–Kier alpha value is -1.38. The van der Waals surface area contributed by atoms with Crippen LogP contribution >= 0.6 is 11.6 Å². The van der Waals surface area contributed by atoms with Gasteiger partial charge in [0, 0.05) is 29.5 Å². The van der Waals surface area contributed by atoms with Gasteiger partial charge in [-0.15, -0.1) is 0 Å². The zero-order valence-electron chi connectivity index (χ0n) is 12.7. The van der Waals surface area contributed by atoms with Gasteiger partial charge in [0.15, 0.2) is 0 Å². The van der Waals surface area contributed by atoms with Crippen LogP contribution in [-0.2, 0) is 6.42 Å². The summed E-state index contributed by atoms with van der Waals surface area (Å²) in [4.78, 5) is 4.09. The number of hydrogen-bond acceptors (Lipinski definition) is 2. The van der Waals surface area contributed by atoms with Crippen molar-refractivity contribution in [1.29, 1.82) is 0 Å². The van der Waals surface area contributed by atoms with Crippen LogP contribution < -0.4 is 5.32 Å². The Labute approximate surface area is 131 Å². The minimum atomic E-state index is 0.189. The quantitative estimate of drug-likeness (QED) is 0.888. The smallest absolute Gasteiger partial charge is 0.0409 e. The summed E-state index contributed by atoms with van der Waals surface area (Å²) in [7, 11) is 0. The van der Waals surface area contributed by atoms with Crippen LogP contribution in [0.15, 0.2) is 42.7 Å². The first-order valence-corrected chi connectivity index (χ1v) is 7.79. The topological polar surface area (TPSA) is 24.9 Å². The summed E-state index contributed by atoms with van der Waals surface area (Å²) < 4.78 is 0. The molecule has 1 aliphatic carbocycles. The number of nitrogens with one attached hydrogen (secondary N) is 1. The third kappa shape index (κ3) is 2.83. The number of nitrogens with zero attached hydrogens (tertiary/aromatic N) is 1. The van der Waals surface area contributed by atoms with E-state index in [9.17, 15) is 0 Å². The molecule has 0 fully saturated rings. The predicted octanol–water partition coefficient (Wildman–Crippen LogP) is 4.71. The molecule has 1 aromatic carbocycles. The number of pyridine rings is 1. The van der Waals surface area contributed by atoms with Crippen molar-refractivity contribution in [3.8, 4) is 0 Å². The molecule has 2 atom stereocenters. The van der Waals surface area contributed by atoms with Crippen molar-refractivity contribution in [1.82, 2.24) is 10.3 Å². The summed E-state index contributed by atoms with van der Waals surface area (Å²) >= 11 is 6.20. The molecular weight excluding hydrogens is 280 g/mol. The van der Waals surface area contributed by atoms with Crippen molar-refractivity contribution < 1.29 is 0 Å². The molecular formula is C18H21ClN2. The standard InChI is InChI=1S/C18H21ClN2/c1-12(13-6-8-20-9-7-13)21-17-16-10-15(19)5-4-14(16)11-18(17,2)3/h4-10,12,17,21H,11H2,1-3H3/t12-,17?/m0/s1. The molecule has 110 valence electrons. The van der Waals surface area contributed by atoms with Gasteiger partial charge < -0.3 is 5.32 Å². The average Bonchev–Trinajstić information content (AvgIpc) is 2.71. The van der Waals surface area contributed by atoms with E-state index >= 15 is 0 Å². The van der Waals surface area contributed by atoms with Crippen molar-refractivity contribution in [3.05, 3.63) is 64.4 Å². The molecule has 2 aromatic rings. The van der Waals surface area contributed by atoms with Gasteiger partial charge in [-0.3, -0.25) is 4.98 Å². The molecule has 0 spiro atoms. The summed E-state index contributed by atoms with van der Waals surface area (Å²) in [6.45, 7) is 6.84. The fourth-order valence-corrected chi connectivity index (χ4v) is 3.50. The molecule has 3 heteroatoms. The van der Waals surface area contributed by atoms with Gasteiger partial charge in [0.1, 0.15) is 0 Å². The highest BCUT2D eigenvalue weighted by atomic mass is 35.5. The Morgan fingerprint density at radius 3 is 2.67 bits per heavy atom. The van der Waals surface area contributed by atoms with E-state index in [0.29, 0.717) is 6.04 Å². The fourth-order valence-electron chi connectivity index (χ4n) is 3.32. The Balaban J connectivity index is 1.89. The Morgan fingerprint density at radius 1 is 1.24 bits per heavy atom. The highest BCUT2D eigenvalue weighted by molar-refractivity contribution is 6.30. The second-order valence-corrected chi connectivity index (χ2v) is 7.05. The van der Waals surface area contributed by atoms with Crippen molar-refractivity contribution in [2.24, 2.45) is 5.41 Å². The van der Waals surface area contributed by atoms with Crippen LogP contribution in [0.5, 0.6) is 0 Å². The number of fused-ring (bicyclic) bond motifs is 1. The third-order valence-electron chi connectivity index (χ3n) is 4.47. The van der Waals surface area contributed by atoms with Crippen molar-refractivity contribution >= 4 is 11.6 Å². The molecule has 1 N–H and O–H groups in total. The second-order valence-electron chi connectivity index (χ2n) is 6.61. The molecule has 1 aliphatic rings. The van der Waals surface area contributed by atoms with Crippen LogP contribution in [0.3, 0.4) is 0 Å². The summed E-state index contributed by atoms with van der Waals surface area (Å²) in [5, 5.41) is 4.60. The van der Waals surface area contributed by atoms with Gasteiger partial charge >= 0.3 is 0 Å². The minimum Gasteiger partial charge on any atom is -0.303 e. The third-order valence-corrected chi connectivity index (χ3v) is 4.70.